The third kappa shape index (κ3) is 2.03. The highest BCUT2D eigenvalue weighted by atomic mass is 35.5. The van der Waals surface area contributed by atoms with E-state index in [2.05, 4.69) is 6.07 Å². The van der Waals surface area contributed by atoms with Gasteiger partial charge in [0.2, 0.25) is 0 Å². The molecule has 0 saturated carbocycles. The third-order valence-electron chi connectivity index (χ3n) is 2.84. The summed E-state index contributed by atoms with van der Waals surface area (Å²) in [6.45, 7) is 3.36. The molecule has 2 rings (SSSR count). The van der Waals surface area contributed by atoms with E-state index in [1.165, 1.54) is 6.92 Å². The Hall–Kier alpha value is -2.05. The number of hydrogen-bond donors (Lipinski definition) is 0. The number of carbonyl (C=O) groups excluding carboxylic acids is 1. The Morgan fingerprint density at radius 1 is 1.33 bits per heavy atom. The minimum atomic E-state index is -0.0122. The summed E-state index contributed by atoms with van der Waals surface area (Å²) in [6, 6.07) is 10.8. The highest BCUT2D eigenvalue weighted by Gasteiger charge is 2.14. The molecule has 0 bridgehead atoms. The number of hydrogen-bond acceptors (Lipinski definition) is 2. The Kier molecular flexibility index (Phi) is 3.22. The molecule has 3 nitrogen and oxygen atoms in total. The van der Waals surface area contributed by atoms with Gasteiger partial charge in [-0.25, -0.2) is 0 Å². The summed E-state index contributed by atoms with van der Waals surface area (Å²) >= 11 is 6.15. The predicted molar refractivity (Wildman–Crippen MR) is 70.2 cm³/mol. The van der Waals surface area contributed by atoms with Crippen LogP contribution in [0, 0.1) is 18.3 Å². The molecule has 0 saturated heterocycles. The standard InChI is InChI=1S/C14H11ClN2O/c1-9-13(10(2)18)7-14(15)17(9)12-5-3-11(8-16)4-6-12/h3-7H,1-2H3. The van der Waals surface area contributed by atoms with Gasteiger partial charge in [-0.3, -0.25) is 4.79 Å². The van der Waals surface area contributed by atoms with E-state index in [0.29, 0.717) is 16.3 Å². The predicted octanol–water partition coefficient (Wildman–Crippen LogP) is 3.51. The third-order valence-corrected chi connectivity index (χ3v) is 3.11. The molecule has 0 aliphatic heterocycles. The summed E-state index contributed by atoms with van der Waals surface area (Å²) in [5.41, 5.74) is 2.84. The molecule has 1 heterocycles. The van der Waals surface area contributed by atoms with Crippen molar-refractivity contribution in [3.05, 3.63) is 52.3 Å². The first-order valence-electron chi connectivity index (χ1n) is 5.44. The van der Waals surface area contributed by atoms with Crippen LogP contribution < -0.4 is 0 Å². The zero-order valence-electron chi connectivity index (χ0n) is 10.1. The van der Waals surface area contributed by atoms with E-state index in [-0.39, 0.29) is 5.78 Å². The summed E-state index contributed by atoms with van der Waals surface area (Å²) in [5, 5.41) is 9.25. The van der Waals surface area contributed by atoms with E-state index in [4.69, 9.17) is 16.9 Å². The van der Waals surface area contributed by atoms with Crippen molar-refractivity contribution < 1.29 is 4.79 Å². The van der Waals surface area contributed by atoms with Crippen LogP contribution in [0.5, 0.6) is 0 Å². The normalized spacial score (nSPS) is 10.1. The SMILES string of the molecule is CC(=O)c1cc(Cl)n(-c2ccc(C#N)cc2)c1C. The molecule has 1 aromatic carbocycles. The van der Waals surface area contributed by atoms with Crippen molar-refractivity contribution in [3.8, 4) is 11.8 Å². The molecule has 0 unspecified atom stereocenters. The molecular weight excluding hydrogens is 248 g/mol. The summed E-state index contributed by atoms with van der Waals surface area (Å²) in [7, 11) is 0. The minimum absolute atomic E-state index is 0.0122. The van der Waals surface area contributed by atoms with Crippen LogP contribution >= 0.6 is 11.6 Å². The molecule has 0 spiro atoms. The fourth-order valence-corrected chi connectivity index (χ4v) is 2.26. The largest absolute Gasteiger partial charge is 0.304 e. The first kappa shape index (κ1) is 12.4. The van der Waals surface area contributed by atoms with E-state index in [1.807, 2.05) is 6.92 Å². The summed E-state index contributed by atoms with van der Waals surface area (Å²) < 4.78 is 1.79. The number of rotatable bonds is 2. The van der Waals surface area contributed by atoms with Crippen LogP contribution in [-0.4, -0.2) is 10.4 Å². The number of halogens is 1. The van der Waals surface area contributed by atoms with Gasteiger partial charge in [0.15, 0.2) is 5.78 Å². The summed E-state index contributed by atoms with van der Waals surface area (Å²) in [5.74, 6) is -0.0122. The molecule has 0 N–H and O–H groups in total. The Labute approximate surface area is 110 Å². The quantitative estimate of drug-likeness (QED) is 0.774. The van der Waals surface area contributed by atoms with Crippen molar-refractivity contribution >= 4 is 17.4 Å². The van der Waals surface area contributed by atoms with E-state index in [9.17, 15) is 4.79 Å². The lowest BCUT2D eigenvalue weighted by molar-refractivity contribution is 0.101. The van der Waals surface area contributed by atoms with Crippen molar-refractivity contribution in [2.45, 2.75) is 13.8 Å². The molecule has 90 valence electrons. The van der Waals surface area contributed by atoms with Crippen molar-refractivity contribution in [3.63, 3.8) is 0 Å². The van der Waals surface area contributed by atoms with E-state index in [0.717, 1.165) is 11.4 Å². The van der Waals surface area contributed by atoms with Gasteiger partial charge in [0.1, 0.15) is 5.15 Å². The van der Waals surface area contributed by atoms with Gasteiger partial charge in [-0.2, -0.15) is 5.26 Å². The Balaban J connectivity index is 2.57. The monoisotopic (exact) mass is 258 g/mol. The number of nitrogens with zero attached hydrogens (tertiary/aromatic N) is 2. The van der Waals surface area contributed by atoms with Crippen LogP contribution in [0.15, 0.2) is 30.3 Å². The zero-order chi connectivity index (χ0) is 13.3. The molecule has 4 heteroatoms. The molecule has 0 aliphatic rings. The average molecular weight is 259 g/mol. The first-order valence-corrected chi connectivity index (χ1v) is 5.81. The van der Waals surface area contributed by atoms with Gasteiger partial charge in [-0.05, 0) is 44.2 Å². The molecule has 0 amide bonds. The van der Waals surface area contributed by atoms with Gasteiger partial charge in [0.25, 0.3) is 0 Å². The van der Waals surface area contributed by atoms with Gasteiger partial charge < -0.3 is 4.57 Å². The maximum Gasteiger partial charge on any atom is 0.161 e. The van der Waals surface area contributed by atoms with Gasteiger partial charge in [-0.15, -0.1) is 0 Å². The van der Waals surface area contributed by atoms with E-state index < -0.39 is 0 Å². The van der Waals surface area contributed by atoms with Crippen LogP contribution in [0.3, 0.4) is 0 Å². The lowest BCUT2D eigenvalue weighted by Gasteiger charge is -2.08. The Morgan fingerprint density at radius 3 is 2.39 bits per heavy atom. The molecular formula is C14H11ClN2O. The van der Waals surface area contributed by atoms with E-state index >= 15 is 0 Å². The van der Waals surface area contributed by atoms with Gasteiger partial charge in [0, 0.05) is 16.9 Å². The molecule has 2 aromatic rings. The van der Waals surface area contributed by atoms with Crippen LogP contribution in [0.25, 0.3) is 5.69 Å². The van der Waals surface area contributed by atoms with Crippen molar-refractivity contribution in [2.24, 2.45) is 0 Å². The van der Waals surface area contributed by atoms with Crippen LogP contribution in [0.1, 0.15) is 28.5 Å². The second-order valence-corrected chi connectivity index (χ2v) is 4.40. The maximum atomic E-state index is 11.4. The number of ketones is 1. The smallest absolute Gasteiger partial charge is 0.161 e. The average Bonchev–Trinajstić information content (AvgIpc) is 2.65. The van der Waals surface area contributed by atoms with Gasteiger partial charge >= 0.3 is 0 Å². The first-order chi connectivity index (χ1) is 8.54. The molecule has 0 atom stereocenters. The molecule has 0 radical (unpaired) electrons. The van der Waals surface area contributed by atoms with Crippen LogP contribution in [0.2, 0.25) is 5.15 Å². The Morgan fingerprint density at radius 2 is 1.94 bits per heavy atom. The molecule has 1 aromatic heterocycles. The minimum Gasteiger partial charge on any atom is -0.304 e. The maximum absolute atomic E-state index is 11.4. The number of nitriles is 1. The lowest BCUT2D eigenvalue weighted by Crippen LogP contribution is -2.00. The van der Waals surface area contributed by atoms with Crippen LogP contribution in [0.4, 0.5) is 0 Å². The summed E-state index contributed by atoms with van der Waals surface area (Å²) in [4.78, 5) is 11.4. The molecule has 18 heavy (non-hydrogen) atoms. The topological polar surface area (TPSA) is 45.8 Å². The highest BCUT2D eigenvalue weighted by molar-refractivity contribution is 6.30. The van der Waals surface area contributed by atoms with E-state index in [1.54, 1.807) is 34.9 Å². The molecule has 0 aliphatic carbocycles. The molecule has 0 fully saturated rings. The zero-order valence-corrected chi connectivity index (χ0v) is 10.8. The van der Waals surface area contributed by atoms with Gasteiger partial charge in [0.05, 0.1) is 11.6 Å². The Bertz CT molecular complexity index is 648. The van der Waals surface area contributed by atoms with Crippen LogP contribution in [-0.2, 0) is 0 Å². The van der Waals surface area contributed by atoms with Crippen molar-refractivity contribution in [1.82, 2.24) is 4.57 Å². The number of Topliss-reactive ketones (excluding diaryl/α,β-unsaturated/α-hetero) is 1. The number of carbonyl (C=O) groups is 1. The van der Waals surface area contributed by atoms with Gasteiger partial charge in [-0.1, -0.05) is 11.6 Å². The second kappa shape index (κ2) is 4.67. The number of aromatic nitrogens is 1. The summed E-state index contributed by atoms with van der Waals surface area (Å²) in [6.07, 6.45) is 0. The lowest BCUT2D eigenvalue weighted by atomic mass is 10.2. The fraction of sp³-hybridized carbons (Fsp3) is 0.143. The second-order valence-electron chi connectivity index (χ2n) is 4.02. The number of benzene rings is 1. The van der Waals surface area contributed by atoms with Crippen molar-refractivity contribution in [2.75, 3.05) is 0 Å². The fourth-order valence-electron chi connectivity index (χ4n) is 1.93. The highest BCUT2D eigenvalue weighted by Crippen LogP contribution is 2.25. The van der Waals surface area contributed by atoms with Crippen molar-refractivity contribution in [1.29, 1.82) is 5.26 Å².